The lowest BCUT2D eigenvalue weighted by Gasteiger charge is -2.24. The highest BCUT2D eigenvalue weighted by molar-refractivity contribution is 5.74. The van der Waals surface area contributed by atoms with Crippen LogP contribution in [0.1, 0.15) is 13.8 Å². The number of aliphatic carboxylic acids is 1. The average molecular weight is 221 g/mol. The number of aliphatic hydroxyl groups excluding tert-OH is 1. The summed E-state index contributed by atoms with van der Waals surface area (Å²) < 4.78 is 4.44. The van der Waals surface area contributed by atoms with E-state index < -0.39 is 24.3 Å². The molecule has 2 atom stereocenters. The number of carbonyl (C=O) groups excluding carboxylic acids is 1. The third kappa shape index (κ3) is 4.61. The molecule has 88 valence electrons. The van der Waals surface area contributed by atoms with E-state index in [1.165, 1.54) is 14.0 Å². The van der Waals surface area contributed by atoms with Crippen LogP contribution in [-0.2, 0) is 14.4 Å². The van der Waals surface area contributed by atoms with Crippen LogP contribution >= 0.6 is 0 Å². The number of hydrogen-bond acceptors (Lipinski definition) is 6. The first-order valence-corrected chi connectivity index (χ1v) is 4.38. The first-order chi connectivity index (χ1) is 6.90. The number of carboxylic acid groups (broad SMARTS) is 1. The lowest BCUT2D eigenvalue weighted by atomic mass is 10.2. The standard InChI is InChI=1S/C8H15NO6/c1-4-14-8(13)15-9(3)6(5(2)10)7(11)12/h5-6,10H,4H2,1-3H3,(H,11,12)/t5-,6+/m1/s1. The van der Waals surface area contributed by atoms with Crippen LogP contribution in [0.2, 0.25) is 0 Å². The van der Waals surface area contributed by atoms with Gasteiger partial charge in [-0.2, -0.15) is 0 Å². The Balaban J connectivity index is 4.32. The molecule has 7 heteroatoms. The fraction of sp³-hybridized carbons (Fsp3) is 0.750. The van der Waals surface area contributed by atoms with Crippen LogP contribution in [0, 0.1) is 0 Å². The second kappa shape index (κ2) is 6.20. The van der Waals surface area contributed by atoms with Gasteiger partial charge < -0.3 is 19.8 Å². The second-order valence-electron chi connectivity index (χ2n) is 2.84. The molecule has 0 aliphatic rings. The van der Waals surface area contributed by atoms with E-state index in [0.717, 1.165) is 5.06 Å². The van der Waals surface area contributed by atoms with Gasteiger partial charge in [-0.05, 0) is 13.8 Å². The van der Waals surface area contributed by atoms with E-state index in [-0.39, 0.29) is 6.61 Å². The number of hydroxylamine groups is 2. The number of carbonyl (C=O) groups is 2. The van der Waals surface area contributed by atoms with Crippen LogP contribution in [0.5, 0.6) is 0 Å². The molecule has 0 spiro atoms. The lowest BCUT2D eigenvalue weighted by Crippen LogP contribution is -2.46. The average Bonchev–Trinajstić information content (AvgIpc) is 2.01. The van der Waals surface area contributed by atoms with Crippen molar-refractivity contribution in [1.29, 1.82) is 0 Å². The lowest BCUT2D eigenvalue weighted by molar-refractivity contribution is -0.181. The summed E-state index contributed by atoms with van der Waals surface area (Å²) in [5.74, 6) is -1.29. The minimum Gasteiger partial charge on any atom is -0.480 e. The molecule has 0 aromatic carbocycles. The summed E-state index contributed by atoms with van der Waals surface area (Å²) in [6.45, 7) is 2.99. The Morgan fingerprint density at radius 1 is 1.47 bits per heavy atom. The topological polar surface area (TPSA) is 96.3 Å². The summed E-state index contributed by atoms with van der Waals surface area (Å²) in [7, 11) is 1.22. The largest absolute Gasteiger partial charge is 0.527 e. The fourth-order valence-corrected chi connectivity index (χ4v) is 0.984. The van der Waals surface area contributed by atoms with Crippen molar-refractivity contribution < 1.29 is 29.4 Å². The van der Waals surface area contributed by atoms with Gasteiger partial charge in [0.25, 0.3) is 0 Å². The Kier molecular flexibility index (Phi) is 5.65. The summed E-state index contributed by atoms with van der Waals surface area (Å²) in [6.07, 6.45) is -2.19. The van der Waals surface area contributed by atoms with Gasteiger partial charge in [0, 0.05) is 7.05 Å². The van der Waals surface area contributed by atoms with Gasteiger partial charge >= 0.3 is 12.1 Å². The quantitative estimate of drug-likeness (QED) is 0.491. The zero-order chi connectivity index (χ0) is 12.0. The van der Waals surface area contributed by atoms with Crippen LogP contribution in [0.15, 0.2) is 0 Å². The molecule has 0 fully saturated rings. The smallest absolute Gasteiger partial charge is 0.480 e. The zero-order valence-corrected chi connectivity index (χ0v) is 8.84. The molecule has 7 nitrogen and oxygen atoms in total. The first-order valence-electron chi connectivity index (χ1n) is 4.38. The Labute approximate surface area is 87.1 Å². The molecule has 0 aliphatic carbocycles. The number of likely N-dealkylation sites (N-methyl/N-ethyl adjacent to an activating group) is 1. The van der Waals surface area contributed by atoms with Crippen LogP contribution in [0.25, 0.3) is 0 Å². The van der Waals surface area contributed by atoms with Crippen LogP contribution in [-0.4, -0.2) is 53.2 Å². The van der Waals surface area contributed by atoms with Gasteiger partial charge in [0.1, 0.15) is 0 Å². The van der Waals surface area contributed by atoms with Crippen LogP contribution in [0.3, 0.4) is 0 Å². The van der Waals surface area contributed by atoms with Gasteiger partial charge in [-0.15, -0.1) is 5.06 Å². The van der Waals surface area contributed by atoms with E-state index in [4.69, 9.17) is 10.2 Å². The number of rotatable bonds is 5. The van der Waals surface area contributed by atoms with Gasteiger partial charge in [-0.3, -0.25) is 4.79 Å². The van der Waals surface area contributed by atoms with Crippen molar-refractivity contribution in [3.63, 3.8) is 0 Å². The van der Waals surface area contributed by atoms with Crippen molar-refractivity contribution in [2.45, 2.75) is 26.0 Å². The van der Waals surface area contributed by atoms with E-state index in [2.05, 4.69) is 9.57 Å². The molecule has 0 radical (unpaired) electrons. The summed E-state index contributed by atoms with van der Waals surface area (Å²) in [5.41, 5.74) is 0. The molecule has 0 amide bonds. The number of carboxylic acids is 1. The summed E-state index contributed by atoms with van der Waals surface area (Å²) in [4.78, 5) is 26.0. The molecule has 0 heterocycles. The molecular weight excluding hydrogens is 206 g/mol. The Bertz CT molecular complexity index is 229. The fourth-order valence-electron chi connectivity index (χ4n) is 0.984. The Hall–Kier alpha value is -1.34. The highest BCUT2D eigenvalue weighted by Crippen LogP contribution is 2.04. The van der Waals surface area contributed by atoms with E-state index >= 15 is 0 Å². The molecule has 0 saturated carbocycles. The molecule has 0 unspecified atom stereocenters. The maximum atomic E-state index is 10.8. The molecule has 0 aliphatic heterocycles. The van der Waals surface area contributed by atoms with Crippen LogP contribution < -0.4 is 0 Å². The van der Waals surface area contributed by atoms with Crippen molar-refractivity contribution in [2.24, 2.45) is 0 Å². The number of hydrogen-bond donors (Lipinski definition) is 2. The molecule has 0 bridgehead atoms. The highest BCUT2D eigenvalue weighted by Gasteiger charge is 2.30. The Morgan fingerprint density at radius 2 is 2.00 bits per heavy atom. The third-order valence-corrected chi connectivity index (χ3v) is 1.58. The van der Waals surface area contributed by atoms with Gasteiger partial charge in [0.2, 0.25) is 0 Å². The van der Waals surface area contributed by atoms with Crippen molar-refractivity contribution >= 4 is 12.1 Å². The van der Waals surface area contributed by atoms with Crippen molar-refractivity contribution in [2.75, 3.05) is 13.7 Å². The summed E-state index contributed by atoms with van der Waals surface area (Å²) in [6, 6.07) is -1.32. The number of nitrogens with zero attached hydrogens (tertiary/aromatic N) is 1. The first kappa shape index (κ1) is 13.7. The highest BCUT2D eigenvalue weighted by atomic mass is 16.8. The maximum absolute atomic E-state index is 10.8. The monoisotopic (exact) mass is 221 g/mol. The molecule has 0 rings (SSSR count). The Morgan fingerprint density at radius 3 is 2.33 bits per heavy atom. The molecular formula is C8H15NO6. The SMILES string of the molecule is CCOC(=O)ON(C)[C@H](C(=O)O)[C@@H](C)O. The molecule has 0 aromatic rings. The van der Waals surface area contributed by atoms with Crippen LogP contribution in [0.4, 0.5) is 4.79 Å². The summed E-state index contributed by atoms with van der Waals surface area (Å²) in [5, 5.41) is 18.6. The van der Waals surface area contributed by atoms with Gasteiger partial charge in [-0.1, -0.05) is 0 Å². The van der Waals surface area contributed by atoms with E-state index in [0.29, 0.717) is 0 Å². The van der Waals surface area contributed by atoms with E-state index in [1.54, 1.807) is 6.92 Å². The normalized spacial score (nSPS) is 14.5. The van der Waals surface area contributed by atoms with Gasteiger partial charge in [0.05, 0.1) is 12.7 Å². The van der Waals surface area contributed by atoms with Gasteiger partial charge in [0.15, 0.2) is 6.04 Å². The van der Waals surface area contributed by atoms with E-state index in [9.17, 15) is 9.59 Å². The van der Waals surface area contributed by atoms with E-state index in [1.807, 2.05) is 0 Å². The molecule has 15 heavy (non-hydrogen) atoms. The van der Waals surface area contributed by atoms with Crippen molar-refractivity contribution in [3.05, 3.63) is 0 Å². The molecule has 2 N–H and O–H groups in total. The molecule has 0 saturated heterocycles. The maximum Gasteiger partial charge on any atom is 0.527 e. The number of ether oxygens (including phenoxy) is 1. The third-order valence-electron chi connectivity index (χ3n) is 1.58. The van der Waals surface area contributed by atoms with Crippen molar-refractivity contribution in [3.8, 4) is 0 Å². The minimum absolute atomic E-state index is 0.124. The second-order valence-corrected chi connectivity index (χ2v) is 2.84. The van der Waals surface area contributed by atoms with Gasteiger partial charge in [-0.25, -0.2) is 4.79 Å². The predicted molar refractivity (Wildman–Crippen MR) is 49.0 cm³/mol. The summed E-state index contributed by atoms with van der Waals surface area (Å²) >= 11 is 0. The van der Waals surface area contributed by atoms with Crippen molar-refractivity contribution in [1.82, 2.24) is 5.06 Å². The molecule has 0 aromatic heterocycles. The zero-order valence-electron chi connectivity index (χ0n) is 8.84. The number of aliphatic hydroxyl groups is 1. The predicted octanol–water partition coefficient (Wildman–Crippen LogP) is -0.160. The minimum atomic E-state index is -1.32.